The van der Waals surface area contributed by atoms with Crippen LogP contribution < -0.4 is 0 Å². The summed E-state index contributed by atoms with van der Waals surface area (Å²) in [6.45, 7) is 7.49. The van der Waals surface area contributed by atoms with Crippen LogP contribution >= 0.6 is 20.8 Å². The zero-order chi connectivity index (χ0) is 27.9. The smallest absolute Gasteiger partial charge is 0.297 e. The summed E-state index contributed by atoms with van der Waals surface area (Å²) in [5.41, 5.74) is 0.360. The van der Waals surface area contributed by atoms with Crippen LogP contribution in [0.2, 0.25) is 5.02 Å². The average molecular weight is 551 g/mol. The molecule has 0 radical (unpaired) electrons. The van der Waals surface area contributed by atoms with E-state index in [9.17, 15) is 23.9 Å². The molecule has 2 aromatic heterocycles. The lowest BCUT2D eigenvalue weighted by Gasteiger charge is -2.38. The predicted octanol–water partition coefficient (Wildman–Crippen LogP) is 4.09. The molecule has 1 aliphatic heterocycles. The third-order valence-corrected chi connectivity index (χ3v) is 6.33. The Kier molecular flexibility index (Phi) is 10.7. The van der Waals surface area contributed by atoms with Crippen molar-refractivity contribution in [2.24, 2.45) is 0 Å². The van der Waals surface area contributed by atoms with Crippen molar-refractivity contribution in [3.05, 3.63) is 71.1 Å². The fourth-order valence-corrected chi connectivity index (χ4v) is 4.19. The third kappa shape index (κ3) is 7.34. The standard InChI is InChI=1S/C25H28ClFN4O4.CH5P/c1-5-17(7-6-16(2)27)13-25(35)8-10-30(11-9-25)23(33)19-15-31-18(12-20(19)26)14-28-22(31)21(32)24(34)29(3)4;1-2/h5-7,12,14-15,35H,2,8-11,13H2,1,3-4H3;2H2,1H3/b7-6-,17-5+;. The highest BCUT2D eigenvalue weighted by molar-refractivity contribution is 7.15. The number of Topliss-reactive ketones (excluding diaryl/α,β-unsaturated/α-hetero) is 1. The van der Waals surface area contributed by atoms with Gasteiger partial charge in [-0.2, -0.15) is 0 Å². The number of nitrogens with zero attached hydrogens (tertiary/aromatic N) is 4. The van der Waals surface area contributed by atoms with Crippen molar-refractivity contribution in [2.45, 2.75) is 31.8 Å². The number of rotatable bonds is 7. The molecule has 2 aromatic rings. The number of hydrogen-bond donors (Lipinski definition) is 1. The summed E-state index contributed by atoms with van der Waals surface area (Å²) in [7, 11) is 5.35. The molecule has 11 heteroatoms. The summed E-state index contributed by atoms with van der Waals surface area (Å²) < 4.78 is 14.3. The molecule has 0 saturated carbocycles. The number of aliphatic hydroxyl groups is 1. The Morgan fingerprint density at radius 1 is 1.27 bits per heavy atom. The molecule has 1 saturated heterocycles. The molecular formula is C26H33ClFN4O4P. The molecule has 1 aliphatic rings. The number of piperidine rings is 1. The van der Waals surface area contributed by atoms with Crippen molar-refractivity contribution < 1.29 is 23.9 Å². The minimum atomic E-state index is -1.04. The number of fused-ring (bicyclic) bond motifs is 1. The van der Waals surface area contributed by atoms with Crippen LogP contribution in [0.25, 0.3) is 5.52 Å². The van der Waals surface area contributed by atoms with Gasteiger partial charge in [-0.05, 0) is 37.5 Å². The van der Waals surface area contributed by atoms with Crippen LogP contribution in [-0.2, 0) is 4.79 Å². The van der Waals surface area contributed by atoms with Gasteiger partial charge in [-0.1, -0.05) is 37.0 Å². The Labute approximate surface area is 223 Å². The summed E-state index contributed by atoms with van der Waals surface area (Å²) in [6.07, 6.45) is 8.42. The number of pyridine rings is 1. The van der Waals surface area contributed by atoms with Crippen LogP contribution in [0.15, 0.2) is 54.7 Å². The summed E-state index contributed by atoms with van der Waals surface area (Å²) in [5, 5.41) is 11.2. The fraction of sp³-hybridized carbons (Fsp3) is 0.385. The molecule has 200 valence electrons. The van der Waals surface area contributed by atoms with Crippen LogP contribution in [0.1, 0.15) is 47.2 Å². The summed E-state index contributed by atoms with van der Waals surface area (Å²) in [6, 6.07) is 1.52. The van der Waals surface area contributed by atoms with Crippen molar-refractivity contribution in [1.82, 2.24) is 19.2 Å². The topological polar surface area (TPSA) is 95.2 Å². The van der Waals surface area contributed by atoms with Crippen LogP contribution in [0.5, 0.6) is 0 Å². The van der Waals surface area contributed by atoms with Crippen LogP contribution in [0.3, 0.4) is 0 Å². The monoisotopic (exact) mass is 550 g/mol. The Morgan fingerprint density at radius 2 is 1.89 bits per heavy atom. The molecule has 1 atom stereocenters. The van der Waals surface area contributed by atoms with Crippen molar-refractivity contribution in [2.75, 3.05) is 33.8 Å². The second-order valence-electron chi connectivity index (χ2n) is 8.78. The molecule has 0 spiro atoms. The molecule has 8 nitrogen and oxygen atoms in total. The first-order valence-corrected chi connectivity index (χ1v) is 13.2. The third-order valence-electron chi connectivity index (χ3n) is 6.01. The Morgan fingerprint density at radius 3 is 2.43 bits per heavy atom. The van der Waals surface area contributed by atoms with Crippen LogP contribution in [-0.4, -0.2) is 81.3 Å². The number of allylic oxidation sites excluding steroid dienone is 4. The van der Waals surface area contributed by atoms with Gasteiger partial charge in [-0.3, -0.25) is 18.8 Å². The lowest BCUT2D eigenvalue weighted by Crippen LogP contribution is -2.47. The molecule has 1 unspecified atom stereocenters. The predicted molar refractivity (Wildman–Crippen MR) is 147 cm³/mol. The summed E-state index contributed by atoms with van der Waals surface area (Å²) in [4.78, 5) is 44.7. The van der Waals surface area contributed by atoms with Gasteiger partial charge in [-0.15, -0.1) is 9.24 Å². The molecule has 37 heavy (non-hydrogen) atoms. The van der Waals surface area contributed by atoms with Gasteiger partial charge < -0.3 is 14.9 Å². The maximum atomic E-state index is 13.3. The highest BCUT2D eigenvalue weighted by atomic mass is 35.5. The quantitative estimate of drug-likeness (QED) is 0.242. The Bertz CT molecular complexity index is 1250. The zero-order valence-corrected chi connectivity index (χ0v) is 23.4. The summed E-state index contributed by atoms with van der Waals surface area (Å²) in [5.74, 6) is -2.57. The Balaban J connectivity index is 0.00000235. The first-order chi connectivity index (χ1) is 17.5. The molecular weight excluding hydrogens is 518 g/mol. The van der Waals surface area contributed by atoms with Crippen molar-refractivity contribution in [3.63, 3.8) is 0 Å². The molecule has 1 fully saturated rings. The number of aromatic nitrogens is 2. The SMILES string of the molecule is C=C(F)/C=C\C(=C/C)CC1(O)CCN(C(=O)c2cn3c(C(=O)C(=O)N(C)C)ncc3cc2Cl)CC1.CP. The molecule has 0 aliphatic carbocycles. The van der Waals surface area contributed by atoms with E-state index in [1.807, 2.05) is 13.6 Å². The second kappa shape index (κ2) is 13.1. The lowest BCUT2D eigenvalue weighted by atomic mass is 9.84. The number of imidazole rings is 1. The summed E-state index contributed by atoms with van der Waals surface area (Å²) >= 11 is 6.37. The van der Waals surface area contributed by atoms with E-state index in [2.05, 4.69) is 20.8 Å². The normalized spacial score (nSPS) is 15.4. The highest BCUT2D eigenvalue weighted by Crippen LogP contribution is 2.31. The number of carbonyl (C=O) groups is 3. The largest absolute Gasteiger partial charge is 0.389 e. The van der Waals surface area contributed by atoms with E-state index in [4.69, 9.17) is 11.6 Å². The van der Waals surface area contributed by atoms with Gasteiger partial charge in [-0.25, -0.2) is 9.37 Å². The molecule has 3 heterocycles. The lowest BCUT2D eigenvalue weighted by molar-refractivity contribution is -0.124. The average Bonchev–Trinajstić information content (AvgIpc) is 3.28. The highest BCUT2D eigenvalue weighted by Gasteiger charge is 2.35. The Hall–Kier alpha value is -2.87. The van der Waals surface area contributed by atoms with Gasteiger partial charge >= 0.3 is 0 Å². The zero-order valence-electron chi connectivity index (χ0n) is 21.5. The van der Waals surface area contributed by atoms with Crippen molar-refractivity contribution in [1.29, 1.82) is 0 Å². The number of likely N-dealkylation sites (N-methyl/N-ethyl adjacent to an activating group) is 1. The van der Waals surface area contributed by atoms with E-state index < -0.39 is 23.1 Å². The van der Waals surface area contributed by atoms with E-state index in [0.29, 0.717) is 24.8 Å². The van der Waals surface area contributed by atoms with Crippen molar-refractivity contribution in [3.8, 4) is 0 Å². The molecule has 1 N–H and O–H groups in total. The number of ketones is 1. The van der Waals surface area contributed by atoms with E-state index in [0.717, 1.165) is 10.5 Å². The number of carbonyl (C=O) groups excluding carboxylic acids is 3. The van der Waals surface area contributed by atoms with E-state index >= 15 is 0 Å². The number of hydrogen-bond acceptors (Lipinski definition) is 5. The molecule has 3 rings (SSSR count). The van der Waals surface area contributed by atoms with E-state index in [1.54, 1.807) is 17.1 Å². The van der Waals surface area contributed by atoms with Gasteiger partial charge in [0.25, 0.3) is 17.6 Å². The minimum Gasteiger partial charge on any atom is -0.389 e. The van der Waals surface area contributed by atoms with Gasteiger partial charge in [0.15, 0.2) is 5.82 Å². The maximum absolute atomic E-state index is 13.3. The first kappa shape index (κ1) is 30.4. The first-order valence-electron chi connectivity index (χ1n) is 11.7. The van der Waals surface area contributed by atoms with Gasteiger partial charge in [0, 0.05) is 39.8 Å². The van der Waals surface area contributed by atoms with Gasteiger partial charge in [0.05, 0.1) is 27.9 Å². The fourth-order valence-electron chi connectivity index (χ4n) is 3.95. The minimum absolute atomic E-state index is 0.111. The number of likely N-dealkylation sites (tertiary alicyclic amines) is 1. The number of halogens is 2. The van der Waals surface area contributed by atoms with Crippen LogP contribution in [0.4, 0.5) is 4.39 Å². The second-order valence-corrected chi connectivity index (χ2v) is 9.18. The van der Waals surface area contributed by atoms with E-state index in [1.165, 1.54) is 43.0 Å². The van der Waals surface area contributed by atoms with Gasteiger partial charge in [0.2, 0.25) is 0 Å². The molecule has 0 aromatic carbocycles. The molecule has 2 amide bonds. The van der Waals surface area contributed by atoms with Crippen LogP contribution in [0, 0.1) is 0 Å². The van der Waals surface area contributed by atoms with Crippen molar-refractivity contribution >= 4 is 44.0 Å². The molecule has 0 bridgehead atoms. The number of amides is 2. The van der Waals surface area contributed by atoms with E-state index in [-0.39, 0.29) is 35.4 Å². The van der Waals surface area contributed by atoms with Gasteiger partial charge in [0.1, 0.15) is 5.83 Å². The maximum Gasteiger partial charge on any atom is 0.297 e.